The number of carbonyl (C=O) groups is 1. The molecule has 18 heavy (non-hydrogen) atoms. The number of aryl methyl sites for hydroxylation is 1. The molecule has 0 saturated heterocycles. The Morgan fingerprint density at radius 2 is 2.28 bits per heavy atom. The van der Waals surface area contributed by atoms with Crippen LogP contribution in [0.3, 0.4) is 0 Å². The minimum absolute atomic E-state index is 0.0939. The molecule has 0 heterocycles. The summed E-state index contributed by atoms with van der Waals surface area (Å²) in [6.45, 7) is 2.76. The molecule has 1 aromatic rings. The lowest BCUT2D eigenvalue weighted by atomic mass is 10.1. The maximum Gasteiger partial charge on any atom is 0.224 e. The Kier molecular flexibility index (Phi) is 4.65. The van der Waals surface area contributed by atoms with Crippen molar-refractivity contribution in [1.29, 1.82) is 0 Å². The normalized spacial score (nSPS) is 23.0. The Hall–Kier alpha value is -1.02. The van der Waals surface area contributed by atoms with E-state index in [1.54, 1.807) is 0 Å². The van der Waals surface area contributed by atoms with Crippen LogP contribution in [-0.4, -0.2) is 17.8 Å². The Morgan fingerprint density at radius 1 is 1.44 bits per heavy atom. The summed E-state index contributed by atoms with van der Waals surface area (Å²) in [5, 5.41) is 3.24. The lowest BCUT2D eigenvalue weighted by molar-refractivity contribution is -0.120. The maximum atomic E-state index is 11.8. The molecule has 3 heteroatoms. The highest BCUT2D eigenvalue weighted by molar-refractivity contribution is 6.20. The van der Waals surface area contributed by atoms with Gasteiger partial charge in [-0.3, -0.25) is 4.79 Å². The van der Waals surface area contributed by atoms with Crippen LogP contribution in [0.25, 0.3) is 0 Å². The van der Waals surface area contributed by atoms with Crippen molar-refractivity contribution in [1.82, 2.24) is 5.32 Å². The lowest BCUT2D eigenvalue weighted by Gasteiger charge is -2.14. The predicted molar refractivity (Wildman–Crippen MR) is 74.9 cm³/mol. The first-order valence-electron chi connectivity index (χ1n) is 6.61. The number of amides is 1. The molecule has 0 radical (unpaired) electrons. The summed E-state index contributed by atoms with van der Waals surface area (Å²) in [7, 11) is 0. The summed E-state index contributed by atoms with van der Waals surface area (Å²) in [5.41, 5.74) is 2.26. The van der Waals surface area contributed by atoms with Gasteiger partial charge in [0.15, 0.2) is 0 Å². The first-order chi connectivity index (χ1) is 8.65. The molecular weight excluding hydrogens is 246 g/mol. The molecule has 0 spiro atoms. The zero-order valence-electron chi connectivity index (χ0n) is 10.8. The average molecular weight is 266 g/mol. The van der Waals surface area contributed by atoms with Crippen LogP contribution in [0, 0.1) is 12.8 Å². The largest absolute Gasteiger partial charge is 0.355 e. The lowest BCUT2D eigenvalue weighted by Crippen LogP contribution is -2.32. The summed E-state index contributed by atoms with van der Waals surface area (Å²) in [4.78, 5) is 11.8. The van der Waals surface area contributed by atoms with Gasteiger partial charge >= 0.3 is 0 Å². The van der Waals surface area contributed by atoms with E-state index < -0.39 is 0 Å². The first kappa shape index (κ1) is 13.4. The maximum absolute atomic E-state index is 11.8. The van der Waals surface area contributed by atoms with E-state index in [4.69, 9.17) is 11.6 Å². The summed E-state index contributed by atoms with van der Waals surface area (Å²) in [6.07, 6.45) is 3.87. The molecule has 1 fully saturated rings. The van der Waals surface area contributed by atoms with E-state index in [1.807, 2.05) is 25.1 Å². The van der Waals surface area contributed by atoms with Gasteiger partial charge in [-0.25, -0.2) is 0 Å². The number of carbonyl (C=O) groups excluding carboxylic acids is 1. The smallest absolute Gasteiger partial charge is 0.224 e. The summed E-state index contributed by atoms with van der Waals surface area (Å²) < 4.78 is 0. The van der Waals surface area contributed by atoms with Crippen molar-refractivity contribution >= 4 is 17.5 Å². The van der Waals surface area contributed by atoms with E-state index in [0.717, 1.165) is 24.9 Å². The van der Waals surface area contributed by atoms with Gasteiger partial charge < -0.3 is 5.32 Å². The number of nitrogens with one attached hydrogen (secondary N) is 1. The molecule has 1 aliphatic rings. The number of halogens is 1. The van der Waals surface area contributed by atoms with E-state index in [0.29, 0.717) is 12.3 Å². The van der Waals surface area contributed by atoms with Crippen LogP contribution in [0.1, 0.15) is 30.4 Å². The fourth-order valence-corrected chi connectivity index (χ4v) is 2.91. The van der Waals surface area contributed by atoms with Gasteiger partial charge in [-0.2, -0.15) is 0 Å². The molecule has 0 aromatic heterocycles. The van der Waals surface area contributed by atoms with Gasteiger partial charge in [0.05, 0.1) is 6.42 Å². The van der Waals surface area contributed by atoms with Crippen molar-refractivity contribution < 1.29 is 4.79 Å². The van der Waals surface area contributed by atoms with Crippen LogP contribution in [0.4, 0.5) is 0 Å². The Morgan fingerprint density at radius 3 is 2.94 bits per heavy atom. The molecule has 98 valence electrons. The molecule has 0 aliphatic heterocycles. The summed E-state index contributed by atoms with van der Waals surface area (Å²) >= 11 is 6.19. The highest BCUT2D eigenvalue weighted by Crippen LogP contribution is 2.29. The van der Waals surface area contributed by atoms with Crippen molar-refractivity contribution in [2.24, 2.45) is 5.92 Å². The van der Waals surface area contributed by atoms with E-state index in [9.17, 15) is 4.79 Å². The van der Waals surface area contributed by atoms with Crippen molar-refractivity contribution in [2.75, 3.05) is 6.54 Å². The van der Waals surface area contributed by atoms with Crippen molar-refractivity contribution in [2.45, 2.75) is 38.0 Å². The number of benzene rings is 1. The highest BCUT2D eigenvalue weighted by Gasteiger charge is 2.25. The Bertz CT molecular complexity index is 419. The van der Waals surface area contributed by atoms with Crippen LogP contribution in [0.5, 0.6) is 0 Å². The topological polar surface area (TPSA) is 29.1 Å². The average Bonchev–Trinajstić information content (AvgIpc) is 2.72. The molecule has 0 bridgehead atoms. The van der Waals surface area contributed by atoms with Gasteiger partial charge in [-0.15, -0.1) is 11.6 Å². The molecular formula is C15H20ClNO. The number of hydrogen-bond donors (Lipinski definition) is 1. The zero-order chi connectivity index (χ0) is 13.0. The van der Waals surface area contributed by atoms with Crippen molar-refractivity contribution in [3.05, 3.63) is 35.4 Å². The second-order valence-electron chi connectivity index (χ2n) is 5.18. The number of hydrogen-bond acceptors (Lipinski definition) is 1. The monoisotopic (exact) mass is 265 g/mol. The molecule has 2 atom stereocenters. The molecule has 1 amide bonds. The van der Waals surface area contributed by atoms with Gasteiger partial charge in [-0.1, -0.05) is 36.2 Å². The SMILES string of the molecule is Cc1cccc(CC(=O)NCC2CCCC2Cl)c1. The fraction of sp³-hybridized carbons (Fsp3) is 0.533. The third-order valence-corrected chi connectivity index (χ3v) is 4.15. The molecule has 2 unspecified atom stereocenters. The molecule has 1 N–H and O–H groups in total. The molecule has 1 aromatic carbocycles. The number of alkyl halides is 1. The molecule has 1 aliphatic carbocycles. The standard InChI is InChI=1S/C15H20ClNO/c1-11-4-2-5-12(8-11)9-15(18)17-10-13-6-3-7-14(13)16/h2,4-5,8,13-14H,3,6-7,9-10H2,1H3,(H,17,18). The third-order valence-electron chi connectivity index (χ3n) is 3.57. The van der Waals surface area contributed by atoms with Crippen molar-refractivity contribution in [3.8, 4) is 0 Å². The predicted octanol–water partition coefficient (Wildman–Crippen LogP) is 3.06. The number of rotatable bonds is 4. The van der Waals surface area contributed by atoms with Crippen LogP contribution in [0.2, 0.25) is 0 Å². The van der Waals surface area contributed by atoms with Gasteiger partial charge in [-0.05, 0) is 31.2 Å². The van der Waals surface area contributed by atoms with Gasteiger partial charge in [0.2, 0.25) is 5.91 Å². The van der Waals surface area contributed by atoms with Crippen LogP contribution in [0.15, 0.2) is 24.3 Å². The minimum atomic E-state index is 0.0939. The van der Waals surface area contributed by atoms with Gasteiger partial charge in [0.25, 0.3) is 0 Å². The molecule has 2 nitrogen and oxygen atoms in total. The van der Waals surface area contributed by atoms with Crippen LogP contribution < -0.4 is 5.32 Å². The van der Waals surface area contributed by atoms with Gasteiger partial charge in [0.1, 0.15) is 0 Å². The molecule has 2 rings (SSSR count). The molecule has 1 saturated carbocycles. The van der Waals surface area contributed by atoms with Crippen LogP contribution in [-0.2, 0) is 11.2 Å². The quantitative estimate of drug-likeness (QED) is 0.833. The summed E-state index contributed by atoms with van der Waals surface area (Å²) in [6, 6.07) is 8.08. The first-order valence-corrected chi connectivity index (χ1v) is 7.05. The third kappa shape index (κ3) is 3.74. The van der Waals surface area contributed by atoms with Crippen molar-refractivity contribution in [3.63, 3.8) is 0 Å². The minimum Gasteiger partial charge on any atom is -0.355 e. The fourth-order valence-electron chi connectivity index (χ4n) is 2.54. The van der Waals surface area contributed by atoms with E-state index in [2.05, 4.69) is 11.4 Å². The second-order valence-corrected chi connectivity index (χ2v) is 5.74. The Balaban J connectivity index is 1.78. The second kappa shape index (κ2) is 6.24. The Labute approximate surface area is 114 Å². The van der Waals surface area contributed by atoms with Crippen LogP contribution >= 0.6 is 11.6 Å². The van der Waals surface area contributed by atoms with E-state index in [1.165, 1.54) is 12.0 Å². The van der Waals surface area contributed by atoms with E-state index in [-0.39, 0.29) is 11.3 Å². The van der Waals surface area contributed by atoms with Gasteiger partial charge in [0, 0.05) is 11.9 Å². The summed E-state index contributed by atoms with van der Waals surface area (Å²) in [5.74, 6) is 0.546. The zero-order valence-corrected chi connectivity index (χ0v) is 11.5. The van der Waals surface area contributed by atoms with E-state index >= 15 is 0 Å². The highest BCUT2D eigenvalue weighted by atomic mass is 35.5.